The fourth-order valence-corrected chi connectivity index (χ4v) is 4.63. The fourth-order valence-electron chi connectivity index (χ4n) is 4.63. The van der Waals surface area contributed by atoms with Crippen molar-refractivity contribution < 1.29 is 41.1 Å². The van der Waals surface area contributed by atoms with Gasteiger partial charge < -0.3 is 14.5 Å². The molecule has 0 radical (unpaired) electrons. The number of anilines is 1. The van der Waals surface area contributed by atoms with Crippen molar-refractivity contribution in [2.75, 3.05) is 18.0 Å². The van der Waals surface area contributed by atoms with Gasteiger partial charge in [0.05, 0.1) is 5.69 Å². The van der Waals surface area contributed by atoms with Crippen LogP contribution in [-0.2, 0) is 22.3 Å². The predicted molar refractivity (Wildman–Crippen MR) is 124 cm³/mol. The maximum absolute atomic E-state index is 13.9. The second-order valence-electron chi connectivity index (χ2n) is 10.2. The summed E-state index contributed by atoms with van der Waals surface area (Å²) in [7, 11) is 0. The molecule has 38 heavy (non-hydrogen) atoms. The lowest BCUT2D eigenvalue weighted by Gasteiger charge is -2.42. The van der Waals surface area contributed by atoms with E-state index in [1.165, 1.54) is 4.90 Å². The molecule has 0 atom stereocenters. The van der Waals surface area contributed by atoms with Gasteiger partial charge in [-0.3, -0.25) is 9.78 Å². The first kappa shape index (κ1) is 27.3. The second kappa shape index (κ2) is 9.52. The van der Waals surface area contributed by atoms with E-state index in [0.717, 1.165) is 29.3 Å². The molecule has 2 aliphatic heterocycles. The van der Waals surface area contributed by atoms with E-state index in [4.69, 9.17) is 4.74 Å². The average Bonchev–Trinajstić information content (AvgIpc) is 2.98. The van der Waals surface area contributed by atoms with Crippen molar-refractivity contribution in [2.45, 2.75) is 57.5 Å². The molecule has 2 aromatic rings. The molecule has 0 saturated carbocycles. The van der Waals surface area contributed by atoms with Gasteiger partial charge in [-0.2, -0.15) is 13.2 Å². The third kappa shape index (κ3) is 5.27. The van der Waals surface area contributed by atoms with Crippen molar-refractivity contribution in [3.8, 4) is 0 Å². The highest BCUT2D eigenvalue weighted by molar-refractivity contribution is 6.23. The van der Waals surface area contributed by atoms with E-state index in [9.17, 15) is 36.3 Å². The minimum Gasteiger partial charge on any atom is -0.444 e. The predicted octanol–water partition coefficient (Wildman–Crippen LogP) is 5.12. The highest BCUT2D eigenvalue weighted by Crippen LogP contribution is 2.41. The molecular weight excluding hydrogens is 515 g/mol. The van der Waals surface area contributed by atoms with Crippen molar-refractivity contribution in [3.63, 3.8) is 0 Å². The number of amides is 4. The lowest BCUT2D eigenvalue weighted by atomic mass is 9.85. The van der Waals surface area contributed by atoms with E-state index in [1.54, 1.807) is 20.8 Å². The first-order valence-corrected chi connectivity index (χ1v) is 11.7. The van der Waals surface area contributed by atoms with Gasteiger partial charge >= 0.3 is 18.3 Å². The number of likely N-dealkylation sites (tertiary alicyclic amines) is 1. The molecule has 0 unspecified atom stereocenters. The summed E-state index contributed by atoms with van der Waals surface area (Å²) < 4.78 is 73.0. The Morgan fingerprint density at radius 3 is 2.18 bits per heavy atom. The molecule has 0 aliphatic carbocycles. The molecule has 2 saturated heterocycles. The number of halogens is 5. The van der Waals surface area contributed by atoms with Gasteiger partial charge in [-0.05, 0) is 63.4 Å². The average molecular weight is 540 g/mol. The Morgan fingerprint density at radius 1 is 1.03 bits per heavy atom. The summed E-state index contributed by atoms with van der Waals surface area (Å²) in [5.41, 5.74) is -3.93. The molecule has 0 bridgehead atoms. The van der Waals surface area contributed by atoms with Crippen LogP contribution in [0.1, 0.15) is 44.9 Å². The maximum Gasteiger partial charge on any atom is 0.433 e. The number of urea groups is 1. The zero-order valence-corrected chi connectivity index (χ0v) is 20.8. The maximum atomic E-state index is 13.9. The van der Waals surface area contributed by atoms with Gasteiger partial charge in [-0.15, -0.1) is 0 Å². The highest BCUT2D eigenvalue weighted by Gasteiger charge is 2.59. The number of ether oxygens (including phenoxy) is 1. The molecule has 1 spiro atoms. The number of imide groups is 1. The van der Waals surface area contributed by atoms with Crippen molar-refractivity contribution in [2.24, 2.45) is 0 Å². The number of carbonyl (C=O) groups is 3. The molecule has 204 valence electrons. The highest BCUT2D eigenvalue weighted by atomic mass is 19.4. The first-order valence-electron chi connectivity index (χ1n) is 11.7. The van der Waals surface area contributed by atoms with Crippen LogP contribution in [0.5, 0.6) is 0 Å². The Balaban J connectivity index is 1.70. The minimum atomic E-state index is -4.82. The fraction of sp³-hybridized carbons (Fsp3) is 0.440. The van der Waals surface area contributed by atoms with Crippen LogP contribution in [-0.4, -0.2) is 57.0 Å². The molecule has 8 nitrogen and oxygen atoms in total. The van der Waals surface area contributed by atoms with Gasteiger partial charge in [-0.25, -0.2) is 23.3 Å². The molecule has 1 aromatic heterocycles. The van der Waals surface area contributed by atoms with Crippen LogP contribution in [0.2, 0.25) is 0 Å². The van der Waals surface area contributed by atoms with Crippen molar-refractivity contribution in [1.82, 2.24) is 14.8 Å². The van der Waals surface area contributed by atoms with Crippen LogP contribution in [0, 0.1) is 11.6 Å². The van der Waals surface area contributed by atoms with Crippen LogP contribution in [0.25, 0.3) is 0 Å². The summed E-state index contributed by atoms with van der Waals surface area (Å²) >= 11 is 0. The third-order valence-electron chi connectivity index (χ3n) is 6.34. The number of aromatic nitrogens is 1. The van der Waals surface area contributed by atoms with E-state index in [-0.39, 0.29) is 43.7 Å². The Morgan fingerprint density at radius 2 is 1.63 bits per heavy atom. The van der Waals surface area contributed by atoms with Crippen LogP contribution in [0.3, 0.4) is 0 Å². The first-order chi connectivity index (χ1) is 17.6. The number of alkyl halides is 3. The van der Waals surface area contributed by atoms with E-state index in [2.05, 4.69) is 4.98 Å². The number of carbonyl (C=O) groups excluding carboxylic acids is 3. The van der Waals surface area contributed by atoms with E-state index >= 15 is 0 Å². The molecule has 13 heteroatoms. The van der Waals surface area contributed by atoms with Crippen molar-refractivity contribution >= 4 is 23.7 Å². The van der Waals surface area contributed by atoms with E-state index in [0.29, 0.717) is 17.0 Å². The van der Waals surface area contributed by atoms with Gasteiger partial charge in [0.15, 0.2) is 0 Å². The molecule has 2 fully saturated rings. The summed E-state index contributed by atoms with van der Waals surface area (Å²) in [6.07, 6.45) is -4.74. The summed E-state index contributed by atoms with van der Waals surface area (Å²) in [6.45, 7) is 4.69. The van der Waals surface area contributed by atoms with Crippen LogP contribution < -0.4 is 4.90 Å². The number of rotatable bonds is 3. The third-order valence-corrected chi connectivity index (χ3v) is 6.34. The molecule has 4 amide bonds. The van der Waals surface area contributed by atoms with E-state index < -0.39 is 52.7 Å². The topological polar surface area (TPSA) is 83.0 Å². The Kier molecular flexibility index (Phi) is 6.83. The van der Waals surface area contributed by atoms with Crippen molar-refractivity contribution in [1.29, 1.82) is 0 Å². The lowest BCUT2D eigenvalue weighted by molar-refractivity contribution is -0.141. The zero-order valence-electron chi connectivity index (χ0n) is 20.8. The SMILES string of the molecule is CC(C)(C)OC(=O)N1CCC2(CC1)C(=O)N(c1ccnc(C(F)(F)F)c1)C(=O)N2Cc1cc(F)cc(F)c1. The van der Waals surface area contributed by atoms with E-state index in [1.807, 2.05) is 0 Å². The molecule has 3 heterocycles. The minimum absolute atomic E-state index is 0.0000679. The van der Waals surface area contributed by atoms with Gasteiger partial charge in [0.1, 0.15) is 28.5 Å². The number of nitrogens with zero attached hydrogens (tertiary/aromatic N) is 4. The molecular formula is C25H25F5N4O4. The number of hydrogen-bond acceptors (Lipinski definition) is 5. The molecule has 1 aromatic carbocycles. The van der Waals surface area contributed by atoms with Crippen LogP contribution >= 0.6 is 0 Å². The standard InChI is InChI=1S/C25H25F5N4O4/c1-23(2,3)38-22(37)32-8-5-24(6-9-32)20(35)34(18-4-7-31-19(13-18)25(28,29)30)21(36)33(24)14-15-10-16(26)12-17(27)11-15/h4,7,10-13H,5-6,8-9,14H2,1-3H3. The Bertz CT molecular complexity index is 1250. The molecule has 4 rings (SSSR count). The van der Waals surface area contributed by atoms with Gasteiger partial charge in [-0.1, -0.05) is 0 Å². The summed E-state index contributed by atoms with van der Waals surface area (Å²) in [6, 6.07) is 3.38. The zero-order chi connectivity index (χ0) is 28.0. The Labute approximate surface area is 215 Å². The number of benzene rings is 1. The monoisotopic (exact) mass is 540 g/mol. The number of piperidine rings is 1. The quantitative estimate of drug-likeness (QED) is 0.399. The number of hydrogen-bond donors (Lipinski definition) is 0. The van der Waals surface area contributed by atoms with Gasteiger partial charge in [0.25, 0.3) is 5.91 Å². The molecule has 0 N–H and O–H groups in total. The lowest BCUT2D eigenvalue weighted by Crippen LogP contribution is -2.57. The van der Waals surface area contributed by atoms with Gasteiger partial charge in [0, 0.05) is 31.9 Å². The van der Waals surface area contributed by atoms with Crippen LogP contribution in [0.4, 0.5) is 37.2 Å². The van der Waals surface area contributed by atoms with Crippen molar-refractivity contribution in [3.05, 3.63) is 59.4 Å². The summed E-state index contributed by atoms with van der Waals surface area (Å²) in [5.74, 6) is -2.59. The Hall–Kier alpha value is -3.77. The summed E-state index contributed by atoms with van der Waals surface area (Å²) in [5, 5.41) is 0. The molecule has 2 aliphatic rings. The normalized spacial score (nSPS) is 17.9. The smallest absolute Gasteiger partial charge is 0.433 e. The second-order valence-corrected chi connectivity index (χ2v) is 10.2. The largest absolute Gasteiger partial charge is 0.444 e. The summed E-state index contributed by atoms with van der Waals surface area (Å²) in [4.78, 5) is 46.3. The number of pyridine rings is 1. The van der Waals surface area contributed by atoms with Gasteiger partial charge in [0.2, 0.25) is 0 Å². The van der Waals surface area contributed by atoms with Crippen LogP contribution in [0.15, 0.2) is 36.5 Å².